The Morgan fingerprint density at radius 1 is 0.895 bits per heavy atom. The Balaban J connectivity index is 3.96. The van der Waals surface area contributed by atoms with E-state index >= 15 is 0 Å². The molecule has 0 aromatic heterocycles. The fraction of sp³-hybridized carbons (Fsp3) is 0.588. The molecule has 0 bridgehead atoms. The van der Waals surface area contributed by atoms with Crippen LogP contribution in [-0.4, -0.2) is 25.3 Å². The molecule has 19 heavy (non-hydrogen) atoms. The van der Waals surface area contributed by atoms with Gasteiger partial charge < -0.3 is 5.01 Å². The van der Waals surface area contributed by atoms with Crippen molar-refractivity contribution in [1.82, 2.24) is 5.01 Å². The molecule has 0 N–H and O–H groups in total. The molecular formula is C17H30N2. The molecule has 0 aromatic rings. The van der Waals surface area contributed by atoms with Crippen molar-refractivity contribution in [2.75, 3.05) is 14.1 Å². The standard InChI is InChI=1S/C17H30N2/c1-15(2)9-7-10-16(3)11-8-12-17(4)13-14-18-19(5)6/h9,11,13-14H,7-8,10,12H2,1-6H3/b16-11+,17-13+,18-14+. The summed E-state index contributed by atoms with van der Waals surface area (Å²) >= 11 is 0. The van der Waals surface area contributed by atoms with E-state index in [1.54, 1.807) is 5.01 Å². The summed E-state index contributed by atoms with van der Waals surface area (Å²) in [7, 11) is 3.86. The number of hydrazone groups is 1. The number of rotatable bonds is 8. The van der Waals surface area contributed by atoms with Crippen molar-refractivity contribution in [3.8, 4) is 0 Å². The lowest BCUT2D eigenvalue weighted by atomic mass is 10.1. The van der Waals surface area contributed by atoms with Crippen molar-refractivity contribution >= 4 is 6.21 Å². The minimum absolute atomic E-state index is 1.11. The van der Waals surface area contributed by atoms with Crippen LogP contribution in [0.1, 0.15) is 53.4 Å². The number of hydrogen-bond donors (Lipinski definition) is 0. The summed E-state index contributed by atoms with van der Waals surface area (Å²) in [4.78, 5) is 0. The topological polar surface area (TPSA) is 15.6 Å². The Hall–Kier alpha value is -1.31. The predicted molar refractivity (Wildman–Crippen MR) is 87.6 cm³/mol. The molecule has 0 aliphatic rings. The van der Waals surface area contributed by atoms with Gasteiger partial charge in [-0.05, 0) is 59.5 Å². The van der Waals surface area contributed by atoms with Crippen LogP contribution in [0, 0.1) is 0 Å². The summed E-state index contributed by atoms with van der Waals surface area (Å²) in [5.74, 6) is 0. The summed E-state index contributed by atoms with van der Waals surface area (Å²) in [6, 6.07) is 0. The van der Waals surface area contributed by atoms with Gasteiger partial charge in [0.1, 0.15) is 0 Å². The van der Waals surface area contributed by atoms with Crippen LogP contribution in [0.4, 0.5) is 0 Å². The zero-order chi connectivity index (χ0) is 14.7. The van der Waals surface area contributed by atoms with Gasteiger partial charge in [0, 0.05) is 20.3 Å². The van der Waals surface area contributed by atoms with Gasteiger partial charge in [-0.25, -0.2) is 0 Å². The van der Waals surface area contributed by atoms with Gasteiger partial charge in [0.05, 0.1) is 0 Å². The molecule has 0 fully saturated rings. The molecule has 0 saturated carbocycles. The quantitative estimate of drug-likeness (QED) is 0.343. The number of nitrogens with zero attached hydrogens (tertiary/aromatic N) is 2. The summed E-state index contributed by atoms with van der Waals surface area (Å²) in [5.41, 5.74) is 4.28. The zero-order valence-corrected chi connectivity index (χ0v) is 13.5. The Labute approximate surface area is 119 Å². The molecule has 2 heteroatoms. The third kappa shape index (κ3) is 12.9. The molecule has 0 atom stereocenters. The maximum absolute atomic E-state index is 4.17. The van der Waals surface area contributed by atoms with Crippen LogP contribution in [0.2, 0.25) is 0 Å². The Morgan fingerprint density at radius 3 is 2.05 bits per heavy atom. The van der Waals surface area contributed by atoms with Crippen LogP contribution in [-0.2, 0) is 0 Å². The van der Waals surface area contributed by atoms with E-state index in [0.717, 1.165) is 19.3 Å². The smallest absolute Gasteiger partial charge is 0.0469 e. The first-order valence-corrected chi connectivity index (χ1v) is 7.08. The van der Waals surface area contributed by atoms with E-state index in [-0.39, 0.29) is 0 Å². The molecule has 0 unspecified atom stereocenters. The average molecular weight is 262 g/mol. The van der Waals surface area contributed by atoms with E-state index < -0.39 is 0 Å². The van der Waals surface area contributed by atoms with E-state index in [2.05, 4.69) is 51.0 Å². The third-order valence-electron chi connectivity index (χ3n) is 2.78. The molecular weight excluding hydrogens is 232 g/mol. The summed E-state index contributed by atoms with van der Waals surface area (Å²) in [6.45, 7) is 8.70. The molecule has 0 aliphatic heterocycles. The molecule has 0 rings (SSSR count). The first kappa shape index (κ1) is 17.7. The highest BCUT2D eigenvalue weighted by Gasteiger charge is 1.91. The van der Waals surface area contributed by atoms with Gasteiger partial charge in [-0.1, -0.05) is 28.9 Å². The molecule has 0 saturated heterocycles. The molecule has 2 nitrogen and oxygen atoms in total. The zero-order valence-electron chi connectivity index (χ0n) is 13.5. The van der Waals surface area contributed by atoms with Crippen LogP contribution in [0.3, 0.4) is 0 Å². The first-order chi connectivity index (χ1) is 8.91. The lowest BCUT2D eigenvalue weighted by molar-refractivity contribution is 0.440. The fourth-order valence-corrected chi connectivity index (χ4v) is 1.61. The second kappa shape index (κ2) is 10.6. The Morgan fingerprint density at radius 2 is 1.47 bits per heavy atom. The predicted octanol–water partition coefficient (Wildman–Crippen LogP) is 4.95. The van der Waals surface area contributed by atoms with Crippen LogP contribution < -0.4 is 0 Å². The Bertz CT molecular complexity index is 353. The van der Waals surface area contributed by atoms with E-state index in [4.69, 9.17) is 0 Å². The second-order valence-electron chi connectivity index (χ2n) is 5.53. The first-order valence-electron chi connectivity index (χ1n) is 7.08. The van der Waals surface area contributed by atoms with Gasteiger partial charge >= 0.3 is 0 Å². The van der Waals surface area contributed by atoms with Crippen molar-refractivity contribution in [2.45, 2.75) is 53.4 Å². The monoisotopic (exact) mass is 262 g/mol. The van der Waals surface area contributed by atoms with Crippen LogP contribution in [0.15, 0.2) is 40.0 Å². The highest BCUT2D eigenvalue weighted by molar-refractivity contribution is 5.71. The van der Waals surface area contributed by atoms with Gasteiger partial charge in [-0.15, -0.1) is 0 Å². The van der Waals surface area contributed by atoms with Crippen molar-refractivity contribution in [3.05, 3.63) is 34.9 Å². The van der Waals surface area contributed by atoms with E-state index in [0.29, 0.717) is 0 Å². The highest BCUT2D eigenvalue weighted by Crippen LogP contribution is 2.10. The second-order valence-corrected chi connectivity index (χ2v) is 5.53. The SMILES string of the molecule is CC(C)=CCC/C(C)=C/CC/C(C)=C/C=N/N(C)C. The maximum atomic E-state index is 4.17. The third-order valence-corrected chi connectivity index (χ3v) is 2.78. The largest absolute Gasteiger partial charge is 0.303 e. The van der Waals surface area contributed by atoms with Gasteiger partial charge in [0.2, 0.25) is 0 Å². The minimum Gasteiger partial charge on any atom is -0.303 e. The summed E-state index contributed by atoms with van der Waals surface area (Å²) in [5, 5.41) is 5.98. The van der Waals surface area contributed by atoms with E-state index in [1.807, 2.05) is 20.3 Å². The van der Waals surface area contributed by atoms with Gasteiger partial charge in [-0.3, -0.25) is 0 Å². The van der Waals surface area contributed by atoms with Crippen molar-refractivity contribution < 1.29 is 0 Å². The normalized spacial score (nSPS) is 12.9. The van der Waals surface area contributed by atoms with Crippen LogP contribution in [0.25, 0.3) is 0 Å². The lowest BCUT2D eigenvalue weighted by Crippen LogP contribution is -2.00. The molecule has 0 spiro atoms. The van der Waals surface area contributed by atoms with Crippen molar-refractivity contribution in [2.24, 2.45) is 5.10 Å². The number of allylic oxidation sites excluding steroid dienone is 6. The van der Waals surface area contributed by atoms with E-state index in [9.17, 15) is 0 Å². The number of hydrogen-bond acceptors (Lipinski definition) is 2. The molecule has 0 aromatic carbocycles. The molecule has 108 valence electrons. The molecule has 0 radical (unpaired) electrons. The van der Waals surface area contributed by atoms with Gasteiger partial charge in [-0.2, -0.15) is 5.10 Å². The van der Waals surface area contributed by atoms with Crippen molar-refractivity contribution in [3.63, 3.8) is 0 Å². The fourth-order valence-electron chi connectivity index (χ4n) is 1.61. The minimum atomic E-state index is 1.11. The van der Waals surface area contributed by atoms with Crippen LogP contribution >= 0.6 is 0 Å². The Kier molecular flexibility index (Phi) is 9.87. The lowest BCUT2D eigenvalue weighted by Gasteiger charge is -2.02. The van der Waals surface area contributed by atoms with Crippen molar-refractivity contribution in [1.29, 1.82) is 0 Å². The molecule has 0 aliphatic carbocycles. The average Bonchev–Trinajstić information content (AvgIpc) is 2.27. The molecule has 0 amide bonds. The van der Waals surface area contributed by atoms with Crippen LogP contribution in [0.5, 0.6) is 0 Å². The maximum Gasteiger partial charge on any atom is 0.0469 e. The molecule has 0 heterocycles. The van der Waals surface area contributed by atoms with Gasteiger partial charge in [0.25, 0.3) is 0 Å². The van der Waals surface area contributed by atoms with Gasteiger partial charge in [0.15, 0.2) is 0 Å². The summed E-state index contributed by atoms with van der Waals surface area (Å²) in [6.07, 6.45) is 13.2. The van der Waals surface area contributed by atoms with E-state index in [1.165, 1.54) is 23.1 Å². The summed E-state index contributed by atoms with van der Waals surface area (Å²) < 4.78 is 0. The highest BCUT2D eigenvalue weighted by atomic mass is 15.4.